The van der Waals surface area contributed by atoms with Crippen molar-refractivity contribution in [3.63, 3.8) is 0 Å². The maximum atomic E-state index is 5.67. The van der Waals surface area contributed by atoms with Crippen LogP contribution in [0.3, 0.4) is 0 Å². The number of nitrogens with zero attached hydrogens (tertiary/aromatic N) is 7. The number of unbranched alkanes of at least 4 members (excludes halogenated alkanes) is 4. The van der Waals surface area contributed by atoms with Gasteiger partial charge in [0.1, 0.15) is 5.82 Å². The van der Waals surface area contributed by atoms with Crippen molar-refractivity contribution in [2.24, 2.45) is 0 Å². The van der Waals surface area contributed by atoms with Crippen molar-refractivity contribution in [1.29, 1.82) is 0 Å². The minimum atomic E-state index is 0.184. The number of hydrogen-bond donors (Lipinski definition) is 0. The van der Waals surface area contributed by atoms with Crippen LogP contribution in [0, 0.1) is 0 Å². The van der Waals surface area contributed by atoms with Crippen molar-refractivity contribution in [3.8, 4) is 57.2 Å². The Balaban J connectivity index is 0.912. The first-order valence-electron chi connectivity index (χ1n) is 31.0. The molecule has 0 unspecified atom stereocenters. The average molecular weight is 1260 g/mol. The molecule has 7 aromatic heterocycles. The number of hydrogen-bond acceptors (Lipinski definition) is 5. The fraction of sp³-hybridized carbons (Fsp3) is 0.127. The number of fused-ring (bicyclic) bond motifs is 14. The number of aryl methyl sites for hydroxylation is 2. The predicted molar refractivity (Wildman–Crippen MR) is 371 cm³/mol. The number of aromatic nitrogens is 7. The van der Waals surface area contributed by atoms with E-state index in [-0.39, 0.29) is 29.0 Å². The Hall–Kier alpha value is -9.33. The third-order valence-corrected chi connectivity index (χ3v) is 22.7. The molecule has 0 saturated carbocycles. The Bertz CT molecular complexity index is 5460. The first kappa shape index (κ1) is 53.0. The van der Waals surface area contributed by atoms with Crippen LogP contribution in [0.15, 0.2) is 224 Å². The fourth-order valence-corrected chi connectivity index (χ4v) is 18.2. The molecule has 17 aromatic rings. The normalized spacial score (nSPS) is 12.1. The van der Waals surface area contributed by atoms with Crippen molar-refractivity contribution in [3.05, 3.63) is 236 Å². The van der Waals surface area contributed by atoms with E-state index in [1.807, 2.05) is 6.07 Å². The third-order valence-electron chi connectivity index (χ3n) is 18.0. The molecule has 0 atom stereocenters. The van der Waals surface area contributed by atoms with Gasteiger partial charge >= 0.3 is 321 Å². The molecular formula is C79H59N7Se2. The second-order valence-corrected chi connectivity index (χ2v) is 28.2. The maximum absolute atomic E-state index is 5.67. The summed E-state index contributed by atoms with van der Waals surface area (Å²) < 4.78 is 10.3. The van der Waals surface area contributed by atoms with E-state index in [1.165, 1.54) is 108 Å². The summed E-state index contributed by atoms with van der Waals surface area (Å²) in [5.74, 6) is 2.73. The van der Waals surface area contributed by atoms with Crippen LogP contribution >= 0.6 is 0 Å². The molecule has 0 radical (unpaired) electrons. The van der Waals surface area contributed by atoms with Crippen molar-refractivity contribution in [2.75, 3.05) is 0 Å². The van der Waals surface area contributed by atoms with Crippen LogP contribution in [-0.4, -0.2) is 63.1 Å². The molecule has 0 spiro atoms. The van der Waals surface area contributed by atoms with Gasteiger partial charge in [-0.2, -0.15) is 0 Å². The van der Waals surface area contributed by atoms with Crippen LogP contribution in [-0.2, 0) is 12.8 Å². The molecule has 0 amide bonds. The van der Waals surface area contributed by atoms with Gasteiger partial charge in [-0.15, -0.1) is 0 Å². The number of pyridine rings is 2. The average Bonchev–Trinajstić information content (AvgIpc) is 1.61. The Kier molecular flexibility index (Phi) is 13.1. The summed E-state index contributed by atoms with van der Waals surface area (Å²) >= 11 is 0.369. The fourth-order valence-electron chi connectivity index (χ4n) is 13.5. The van der Waals surface area contributed by atoms with E-state index in [0.29, 0.717) is 17.6 Å². The second-order valence-electron chi connectivity index (χ2n) is 23.6. The molecule has 7 nitrogen and oxygen atoms in total. The molecule has 0 aliphatic carbocycles. The van der Waals surface area contributed by atoms with Gasteiger partial charge in [0.05, 0.1) is 22.6 Å². The van der Waals surface area contributed by atoms with E-state index in [2.05, 4.69) is 241 Å². The monoisotopic (exact) mass is 1270 g/mol. The van der Waals surface area contributed by atoms with Crippen molar-refractivity contribution in [2.45, 2.75) is 65.2 Å². The van der Waals surface area contributed by atoms with E-state index >= 15 is 0 Å². The molecule has 7 heterocycles. The Morgan fingerprint density at radius 2 is 0.784 bits per heavy atom. The summed E-state index contributed by atoms with van der Waals surface area (Å²) in [4.78, 5) is 27.6. The summed E-state index contributed by atoms with van der Waals surface area (Å²) in [5, 5.41) is 14.9. The van der Waals surface area contributed by atoms with E-state index in [1.54, 1.807) is 0 Å². The third kappa shape index (κ3) is 9.18. The molecule has 422 valence electrons. The Labute approximate surface area is 521 Å². The van der Waals surface area contributed by atoms with E-state index < -0.39 is 0 Å². The second kappa shape index (κ2) is 21.8. The van der Waals surface area contributed by atoms with Crippen LogP contribution < -0.4 is 0 Å². The summed E-state index contributed by atoms with van der Waals surface area (Å²) in [5.41, 5.74) is 12.6. The zero-order chi connectivity index (χ0) is 58.4. The van der Waals surface area contributed by atoms with E-state index in [4.69, 9.17) is 24.9 Å². The molecule has 0 fully saturated rings. The summed E-state index contributed by atoms with van der Waals surface area (Å²) in [7, 11) is 0. The standard InChI is InChI=1S/C79H59N7Se2/c1-3-5-8-18-48-30-34-68-57(38-48)59-47-71-60(46-70(59)85(68)76-29-17-28-67(81-76)66-27-16-26-65(80-66)50-20-10-7-11-21-50)58-39-49(19-9-6-4-2)31-35-69(58)86(71)79-83-77(55-32-36-72-61(42-55)63-40-51-22-12-14-24-53(51)44-74(63)87-72)82-78(84-79)56-33-37-73-62(43-56)64-41-52-23-13-15-25-54(52)45-75(64)88-73/h7,10-17,20-47H,3-6,8-9,18-19H2,1-2H3. The first-order valence-corrected chi connectivity index (χ1v) is 34.4. The molecule has 0 aliphatic rings. The van der Waals surface area contributed by atoms with Gasteiger partial charge in [-0.1, -0.05) is 88.1 Å². The van der Waals surface area contributed by atoms with Gasteiger partial charge < -0.3 is 0 Å². The van der Waals surface area contributed by atoms with E-state index in [9.17, 15) is 0 Å². The van der Waals surface area contributed by atoms with Crippen molar-refractivity contribution >= 4 is 133 Å². The van der Waals surface area contributed by atoms with Crippen molar-refractivity contribution < 1.29 is 0 Å². The van der Waals surface area contributed by atoms with Crippen molar-refractivity contribution in [1.82, 2.24) is 34.1 Å². The van der Waals surface area contributed by atoms with Crippen LogP contribution in [0.2, 0.25) is 0 Å². The predicted octanol–water partition coefficient (Wildman–Crippen LogP) is 20.0. The SMILES string of the molecule is CCCCCc1ccc2c(c1)c1cc3c(cc1n2-c1cccc(-c2cccc(-c4ccccc4)n2)n1)c1cc(CCCCC)ccc1n3-c1nc(-c2ccc3[se]c4cc5ccccc5cc4c3c2)nc(-c2ccc3[se]c4cc5ccccc5cc4c3c2)n1. The quantitative estimate of drug-likeness (QED) is 0.0801. The van der Waals surface area contributed by atoms with E-state index in [0.717, 1.165) is 98.1 Å². The van der Waals surface area contributed by atoms with Gasteiger partial charge in [0.2, 0.25) is 0 Å². The summed E-state index contributed by atoms with van der Waals surface area (Å²) in [6.07, 6.45) is 9.03. The van der Waals surface area contributed by atoms with Gasteiger partial charge in [-0.25, -0.2) is 9.97 Å². The molecule has 9 heteroatoms. The summed E-state index contributed by atoms with van der Waals surface area (Å²) in [6.45, 7) is 4.56. The topological polar surface area (TPSA) is 74.3 Å². The summed E-state index contributed by atoms with van der Waals surface area (Å²) in [6, 6.07) is 82.8. The number of benzene rings is 10. The van der Waals surface area contributed by atoms with Crippen LogP contribution in [0.25, 0.3) is 161 Å². The Morgan fingerprint density at radius 1 is 0.307 bits per heavy atom. The molecule has 17 rings (SSSR count). The molecule has 0 saturated heterocycles. The molecule has 0 N–H and O–H groups in total. The Morgan fingerprint density at radius 3 is 1.35 bits per heavy atom. The van der Waals surface area contributed by atoms with Gasteiger partial charge in [0.25, 0.3) is 0 Å². The molecule has 0 aliphatic heterocycles. The molecule has 0 bridgehead atoms. The first-order chi connectivity index (χ1) is 43.5. The van der Waals surface area contributed by atoms with Gasteiger partial charge in [0, 0.05) is 5.56 Å². The van der Waals surface area contributed by atoms with Gasteiger partial charge in [-0.05, 0) is 67.6 Å². The van der Waals surface area contributed by atoms with Crippen LogP contribution in [0.4, 0.5) is 0 Å². The minimum absolute atomic E-state index is 0.184. The zero-order valence-corrected chi connectivity index (χ0v) is 52.4. The molecule has 10 aromatic carbocycles. The molecular weight excluding hydrogens is 1200 g/mol. The van der Waals surface area contributed by atoms with Crippen LogP contribution in [0.1, 0.15) is 63.5 Å². The van der Waals surface area contributed by atoms with Crippen LogP contribution in [0.5, 0.6) is 0 Å². The van der Waals surface area contributed by atoms with Gasteiger partial charge in [-0.3, -0.25) is 4.57 Å². The number of rotatable bonds is 14. The molecule has 88 heavy (non-hydrogen) atoms. The zero-order valence-electron chi connectivity index (χ0n) is 49.0. The van der Waals surface area contributed by atoms with Gasteiger partial charge in [0.15, 0.2) is 0 Å².